The van der Waals surface area contributed by atoms with Crippen molar-refractivity contribution in [2.24, 2.45) is 0 Å². The van der Waals surface area contributed by atoms with E-state index in [1.807, 2.05) is 24.3 Å². The van der Waals surface area contributed by atoms with E-state index in [0.717, 1.165) is 15.8 Å². The molecule has 2 aromatic rings. The number of hydrogen-bond donors (Lipinski definition) is 1. The zero-order valence-corrected chi connectivity index (χ0v) is 11.6. The minimum Gasteiger partial charge on any atom is -0.480 e. The molecule has 1 aliphatic rings. The van der Waals surface area contributed by atoms with E-state index in [1.165, 1.54) is 0 Å². The predicted molar refractivity (Wildman–Crippen MR) is 75.1 cm³/mol. The van der Waals surface area contributed by atoms with Crippen LogP contribution in [0.1, 0.15) is 5.56 Å². The second-order valence-corrected chi connectivity index (χ2v) is 5.12. The van der Waals surface area contributed by atoms with Crippen molar-refractivity contribution in [2.45, 2.75) is 12.5 Å². The number of fused-ring (bicyclic) bond motifs is 1. The number of para-hydroxylation sites is 1. The summed E-state index contributed by atoms with van der Waals surface area (Å²) in [4.78, 5) is 16.1. The summed E-state index contributed by atoms with van der Waals surface area (Å²) in [6.45, 7) is 0. The molecule has 19 heavy (non-hydrogen) atoms. The van der Waals surface area contributed by atoms with Gasteiger partial charge in [0.25, 0.3) is 5.91 Å². The first-order chi connectivity index (χ1) is 9.24. The number of amides is 1. The Hall–Kier alpha value is -1.88. The second kappa shape index (κ2) is 5.01. The number of hydrogen-bond acceptors (Lipinski definition) is 3. The SMILES string of the molecule is O=C(Nc1ccncc1Br)C1Cc2ccccc2O1. The highest BCUT2D eigenvalue weighted by atomic mass is 79.9. The standard InChI is InChI=1S/C14H11BrN2O2/c15-10-8-16-6-5-11(10)17-14(18)13-7-9-3-1-2-4-12(9)19-13/h1-6,8,13H,7H2,(H,16,17,18). The summed E-state index contributed by atoms with van der Waals surface area (Å²) in [5, 5.41) is 2.84. The third-order valence-corrected chi connectivity index (χ3v) is 3.60. The van der Waals surface area contributed by atoms with Crippen LogP contribution in [0, 0.1) is 0 Å². The van der Waals surface area contributed by atoms with Gasteiger partial charge in [0.15, 0.2) is 6.10 Å². The highest BCUT2D eigenvalue weighted by Crippen LogP contribution is 2.29. The van der Waals surface area contributed by atoms with E-state index in [2.05, 4.69) is 26.2 Å². The molecule has 1 N–H and O–H groups in total. The van der Waals surface area contributed by atoms with E-state index in [9.17, 15) is 4.79 Å². The van der Waals surface area contributed by atoms with Crippen LogP contribution in [0.3, 0.4) is 0 Å². The Morgan fingerprint density at radius 1 is 1.37 bits per heavy atom. The first-order valence-corrected chi connectivity index (χ1v) is 6.68. The number of carbonyl (C=O) groups excluding carboxylic acids is 1. The van der Waals surface area contributed by atoms with E-state index in [1.54, 1.807) is 18.5 Å². The number of benzene rings is 1. The molecular weight excluding hydrogens is 308 g/mol. The fourth-order valence-electron chi connectivity index (χ4n) is 2.02. The van der Waals surface area contributed by atoms with Gasteiger partial charge in [-0.1, -0.05) is 18.2 Å². The van der Waals surface area contributed by atoms with Gasteiger partial charge in [-0.2, -0.15) is 0 Å². The lowest BCUT2D eigenvalue weighted by Gasteiger charge is -2.12. The van der Waals surface area contributed by atoms with Crippen molar-refractivity contribution >= 4 is 27.5 Å². The number of carbonyl (C=O) groups is 1. The fraction of sp³-hybridized carbons (Fsp3) is 0.143. The molecule has 3 rings (SSSR count). The first-order valence-electron chi connectivity index (χ1n) is 5.89. The number of halogens is 1. The molecule has 1 aromatic heterocycles. The maximum absolute atomic E-state index is 12.2. The highest BCUT2D eigenvalue weighted by Gasteiger charge is 2.28. The molecule has 1 aliphatic heterocycles. The van der Waals surface area contributed by atoms with Crippen LogP contribution in [-0.2, 0) is 11.2 Å². The number of ether oxygens (including phenoxy) is 1. The summed E-state index contributed by atoms with van der Waals surface area (Å²) in [7, 11) is 0. The maximum Gasteiger partial charge on any atom is 0.265 e. The molecule has 0 fully saturated rings. The van der Waals surface area contributed by atoms with E-state index < -0.39 is 6.10 Å². The van der Waals surface area contributed by atoms with Gasteiger partial charge in [0.2, 0.25) is 0 Å². The van der Waals surface area contributed by atoms with Crippen molar-refractivity contribution in [2.75, 3.05) is 5.32 Å². The lowest BCUT2D eigenvalue weighted by molar-refractivity contribution is -0.122. The van der Waals surface area contributed by atoms with Crippen molar-refractivity contribution in [3.63, 3.8) is 0 Å². The molecule has 4 nitrogen and oxygen atoms in total. The Balaban J connectivity index is 1.72. The Morgan fingerprint density at radius 3 is 3.00 bits per heavy atom. The quantitative estimate of drug-likeness (QED) is 0.926. The van der Waals surface area contributed by atoms with Crippen LogP contribution in [0.2, 0.25) is 0 Å². The third kappa shape index (κ3) is 2.46. The molecule has 5 heteroatoms. The van der Waals surface area contributed by atoms with Crippen LogP contribution >= 0.6 is 15.9 Å². The average Bonchev–Trinajstić information content (AvgIpc) is 2.85. The molecule has 0 spiro atoms. The van der Waals surface area contributed by atoms with Gasteiger partial charge in [0.1, 0.15) is 5.75 Å². The van der Waals surface area contributed by atoms with Crippen LogP contribution in [0.25, 0.3) is 0 Å². The lowest BCUT2D eigenvalue weighted by Crippen LogP contribution is -2.31. The molecule has 0 radical (unpaired) electrons. The van der Waals surface area contributed by atoms with Crippen molar-refractivity contribution in [1.82, 2.24) is 4.98 Å². The largest absolute Gasteiger partial charge is 0.480 e. The van der Waals surface area contributed by atoms with Gasteiger partial charge in [0.05, 0.1) is 10.2 Å². The number of pyridine rings is 1. The van der Waals surface area contributed by atoms with Gasteiger partial charge < -0.3 is 10.1 Å². The van der Waals surface area contributed by atoms with Crippen LogP contribution in [0.4, 0.5) is 5.69 Å². The Labute approximate surface area is 118 Å². The Bertz CT molecular complexity index is 605. The normalized spacial score (nSPS) is 16.6. The van der Waals surface area contributed by atoms with Crippen molar-refractivity contribution < 1.29 is 9.53 Å². The number of rotatable bonds is 2. The summed E-state index contributed by atoms with van der Waals surface area (Å²) >= 11 is 3.34. The number of aromatic nitrogens is 1. The molecule has 0 saturated carbocycles. The molecular formula is C14H11BrN2O2. The van der Waals surface area contributed by atoms with E-state index in [0.29, 0.717) is 12.1 Å². The summed E-state index contributed by atoms with van der Waals surface area (Å²) in [5.74, 6) is 0.638. The van der Waals surface area contributed by atoms with Crippen molar-refractivity contribution in [3.05, 3.63) is 52.8 Å². The second-order valence-electron chi connectivity index (χ2n) is 4.26. The van der Waals surface area contributed by atoms with E-state index in [-0.39, 0.29) is 5.91 Å². The average molecular weight is 319 g/mol. The van der Waals surface area contributed by atoms with Gasteiger partial charge in [-0.25, -0.2) is 0 Å². The summed E-state index contributed by atoms with van der Waals surface area (Å²) in [6.07, 6.45) is 3.40. The van der Waals surface area contributed by atoms with Gasteiger partial charge in [-0.15, -0.1) is 0 Å². The highest BCUT2D eigenvalue weighted by molar-refractivity contribution is 9.10. The minimum absolute atomic E-state index is 0.150. The van der Waals surface area contributed by atoms with Gasteiger partial charge >= 0.3 is 0 Å². The van der Waals surface area contributed by atoms with Crippen LogP contribution in [0.5, 0.6) is 5.75 Å². The lowest BCUT2D eigenvalue weighted by atomic mass is 10.1. The molecule has 0 bridgehead atoms. The first kappa shape index (κ1) is 12.2. The summed E-state index contributed by atoms with van der Waals surface area (Å²) in [6, 6.07) is 9.44. The summed E-state index contributed by atoms with van der Waals surface area (Å²) < 4.78 is 6.39. The fourth-order valence-corrected chi connectivity index (χ4v) is 2.37. The van der Waals surface area contributed by atoms with E-state index in [4.69, 9.17) is 4.74 Å². The number of anilines is 1. The predicted octanol–water partition coefficient (Wildman–Crippen LogP) is 2.79. The molecule has 1 unspecified atom stereocenters. The molecule has 96 valence electrons. The zero-order valence-electron chi connectivity index (χ0n) is 9.97. The molecule has 1 amide bonds. The minimum atomic E-state index is -0.475. The molecule has 0 aliphatic carbocycles. The zero-order chi connectivity index (χ0) is 13.2. The molecule has 1 atom stereocenters. The molecule has 1 aromatic carbocycles. The molecule has 2 heterocycles. The van der Waals surface area contributed by atoms with Crippen molar-refractivity contribution in [3.8, 4) is 5.75 Å². The van der Waals surface area contributed by atoms with Crippen LogP contribution in [-0.4, -0.2) is 17.0 Å². The summed E-state index contributed by atoms with van der Waals surface area (Å²) in [5.41, 5.74) is 1.76. The monoisotopic (exact) mass is 318 g/mol. The van der Waals surface area contributed by atoms with Crippen LogP contribution in [0.15, 0.2) is 47.2 Å². The number of nitrogens with one attached hydrogen (secondary N) is 1. The van der Waals surface area contributed by atoms with Gasteiger partial charge in [-0.3, -0.25) is 9.78 Å². The third-order valence-electron chi connectivity index (χ3n) is 2.97. The van der Waals surface area contributed by atoms with Crippen LogP contribution < -0.4 is 10.1 Å². The number of nitrogens with zero attached hydrogens (tertiary/aromatic N) is 1. The van der Waals surface area contributed by atoms with Gasteiger partial charge in [0, 0.05) is 18.8 Å². The van der Waals surface area contributed by atoms with E-state index >= 15 is 0 Å². The van der Waals surface area contributed by atoms with Crippen molar-refractivity contribution in [1.29, 1.82) is 0 Å². The smallest absolute Gasteiger partial charge is 0.265 e. The Morgan fingerprint density at radius 2 is 2.21 bits per heavy atom. The topological polar surface area (TPSA) is 51.2 Å². The maximum atomic E-state index is 12.2. The Kier molecular flexibility index (Phi) is 3.21. The molecule has 0 saturated heterocycles. The van der Waals surface area contributed by atoms with Gasteiger partial charge in [-0.05, 0) is 33.6 Å².